The summed E-state index contributed by atoms with van der Waals surface area (Å²) in [5.74, 6) is 0.0154. The van der Waals surface area contributed by atoms with E-state index in [2.05, 4.69) is 53.0 Å². The Balaban J connectivity index is 1.30. The fraction of sp³-hybridized carbons (Fsp3) is 0.458. The Morgan fingerprint density at radius 2 is 1.71 bits per heavy atom. The van der Waals surface area contributed by atoms with E-state index in [-0.39, 0.29) is 5.91 Å². The number of aromatic nitrogens is 3. The van der Waals surface area contributed by atoms with Crippen molar-refractivity contribution in [1.29, 1.82) is 0 Å². The molecule has 0 unspecified atom stereocenters. The van der Waals surface area contributed by atoms with E-state index in [1.807, 2.05) is 21.7 Å². The van der Waals surface area contributed by atoms with Crippen molar-refractivity contribution in [3.63, 3.8) is 0 Å². The van der Waals surface area contributed by atoms with Gasteiger partial charge < -0.3 is 14.2 Å². The van der Waals surface area contributed by atoms with Gasteiger partial charge in [-0.25, -0.2) is 4.98 Å². The van der Waals surface area contributed by atoms with Gasteiger partial charge in [-0.2, -0.15) is 0 Å². The lowest BCUT2D eigenvalue weighted by Gasteiger charge is -2.42. The van der Waals surface area contributed by atoms with E-state index in [1.165, 1.54) is 31.5 Å². The van der Waals surface area contributed by atoms with Gasteiger partial charge in [0.1, 0.15) is 11.4 Å². The fourth-order valence-electron chi connectivity index (χ4n) is 4.75. The molecular weight excluding hydrogens is 388 g/mol. The number of piperazine rings is 1. The molecule has 4 heterocycles. The molecule has 2 saturated heterocycles. The van der Waals surface area contributed by atoms with Gasteiger partial charge >= 0.3 is 0 Å². The summed E-state index contributed by atoms with van der Waals surface area (Å²) < 4.78 is 1.91. The van der Waals surface area contributed by atoms with Gasteiger partial charge in [0.25, 0.3) is 5.91 Å². The molecule has 0 spiro atoms. The summed E-state index contributed by atoms with van der Waals surface area (Å²) in [5, 5.41) is 0. The zero-order valence-corrected chi connectivity index (χ0v) is 18.4. The largest absolute Gasteiger partial charge is 0.335 e. The van der Waals surface area contributed by atoms with Gasteiger partial charge in [0.2, 0.25) is 0 Å². The summed E-state index contributed by atoms with van der Waals surface area (Å²) in [5.41, 5.74) is 4.23. The van der Waals surface area contributed by atoms with E-state index in [4.69, 9.17) is 4.98 Å². The maximum absolute atomic E-state index is 13.2. The number of aryl methyl sites for hydroxylation is 1. The Morgan fingerprint density at radius 1 is 1.00 bits per heavy atom. The van der Waals surface area contributed by atoms with E-state index >= 15 is 0 Å². The number of amides is 1. The van der Waals surface area contributed by atoms with Crippen molar-refractivity contribution in [2.24, 2.45) is 0 Å². The number of benzene rings is 1. The number of likely N-dealkylation sites (tertiary alicyclic amines) is 1. The lowest BCUT2D eigenvalue weighted by molar-refractivity contribution is 0.0471. The highest BCUT2D eigenvalue weighted by molar-refractivity contribution is 5.93. The average Bonchev–Trinajstić information content (AvgIpc) is 3.24. The van der Waals surface area contributed by atoms with Gasteiger partial charge in [-0.05, 0) is 39.9 Å². The molecule has 162 valence electrons. The number of carbonyl (C=O) groups is 1. The Morgan fingerprint density at radius 3 is 2.42 bits per heavy atom. The number of piperidine rings is 1. The van der Waals surface area contributed by atoms with E-state index in [1.54, 1.807) is 6.20 Å². The standard InChI is InChI=1S/C24H30N6O/c1-18-3-5-19(6-4-18)22-23-26-21(17-30(23)12-9-25-22)24(31)29-15-13-28(14-16-29)20-7-10-27(2)11-8-20/h3-6,9,12,17,20H,7-8,10-11,13-16H2,1-2H3. The number of imidazole rings is 1. The number of hydrogen-bond acceptors (Lipinski definition) is 5. The topological polar surface area (TPSA) is 57.0 Å². The highest BCUT2D eigenvalue weighted by atomic mass is 16.2. The molecule has 7 nitrogen and oxygen atoms in total. The molecule has 0 aliphatic carbocycles. The second kappa shape index (κ2) is 8.40. The van der Waals surface area contributed by atoms with E-state index in [0.29, 0.717) is 11.7 Å². The van der Waals surface area contributed by atoms with Crippen molar-refractivity contribution in [2.45, 2.75) is 25.8 Å². The normalized spacial score (nSPS) is 19.2. The highest BCUT2D eigenvalue weighted by Crippen LogP contribution is 2.23. The summed E-state index contributed by atoms with van der Waals surface area (Å²) in [6, 6.07) is 8.90. The lowest BCUT2D eigenvalue weighted by atomic mass is 10.0. The molecule has 1 aromatic carbocycles. The maximum atomic E-state index is 13.2. The summed E-state index contributed by atoms with van der Waals surface area (Å²) in [7, 11) is 2.20. The van der Waals surface area contributed by atoms with Crippen LogP contribution in [0.15, 0.2) is 42.9 Å². The van der Waals surface area contributed by atoms with Crippen LogP contribution in [0, 0.1) is 6.92 Å². The number of hydrogen-bond donors (Lipinski definition) is 0. The van der Waals surface area contributed by atoms with Crippen molar-refractivity contribution in [1.82, 2.24) is 29.1 Å². The fourth-order valence-corrected chi connectivity index (χ4v) is 4.75. The van der Waals surface area contributed by atoms with Crippen LogP contribution in [0.5, 0.6) is 0 Å². The molecule has 0 saturated carbocycles. The van der Waals surface area contributed by atoms with Crippen molar-refractivity contribution < 1.29 is 4.79 Å². The molecule has 5 rings (SSSR count). The zero-order chi connectivity index (χ0) is 21.4. The van der Waals surface area contributed by atoms with Crippen LogP contribution in [0.2, 0.25) is 0 Å². The predicted octanol–water partition coefficient (Wildman–Crippen LogP) is 2.56. The first-order valence-corrected chi connectivity index (χ1v) is 11.2. The second-order valence-electron chi connectivity index (χ2n) is 8.86. The minimum absolute atomic E-state index is 0.0154. The quantitative estimate of drug-likeness (QED) is 0.654. The van der Waals surface area contributed by atoms with Gasteiger partial charge in [0.05, 0.1) is 0 Å². The van der Waals surface area contributed by atoms with E-state index < -0.39 is 0 Å². The first kappa shape index (κ1) is 20.2. The first-order chi connectivity index (χ1) is 15.1. The molecule has 0 bridgehead atoms. The van der Waals surface area contributed by atoms with Crippen LogP contribution in [-0.4, -0.2) is 87.3 Å². The molecule has 2 aromatic heterocycles. The van der Waals surface area contributed by atoms with Gasteiger partial charge in [-0.3, -0.25) is 14.7 Å². The third kappa shape index (κ3) is 4.07. The molecule has 2 aliphatic heterocycles. The molecular formula is C24H30N6O. The Hall–Kier alpha value is -2.77. The third-order valence-electron chi connectivity index (χ3n) is 6.73. The second-order valence-corrected chi connectivity index (χ2v) is 8.86. The molecule has 0 radical (unpaired) electrons. The van der Waals surface area contributed by atoms with Gasteiger partial charge in [0, 0.05) is 56.4 Å². The molecule has 2 aliphatic rings. The van der Waals surface area contributed by atoms with Crippen molar-refractivity contribution >= 4 is 11.6 Å². The van der Waals surface area contributed by atoms with Crippen LogP contribution < -0.4 is 0 Å². The number of carbonyl (C=O) groups excluding carboxylic acids is 1. The molecule has 2 fully saturated rings. The van der Waals surface area contributed by atoms with E-state index in [0.717, 1.165) is 43.1 Å². The summed E-state index contributed by atoms with van der Waals surface area (Å²) in [4.78, 5) is 29.3. The zero-order valence-electron chi connectivity index (χ0n) is 18.4. The molecule has 31 heavy (non-hydrogen) atoms. The summed E-state index contributed by atoms with van der Waals surface area (Å²) >= 11 is 0. The molecule has 0 atom stereocenters. The monoisotopic (exact) mass is 418 g/mol. The first-order valence-electron chi connectivity index (χ1n) is 11.2. The SMILES string of the molecule is Cc1ccc(-c2nccn3cc(C(=O)N4CCN(C5CCN(C)CC5)CC4)nc23)cc1. The van der Waals surface area contributed by atoms with Crippen molar-refractivity contribution in [3.8, 4) is 11.3 Å². The van der Waals surface area contributed by atoms with Crippen LogP contribution in [-0.2, 0) is 0 Å². The van der Waals surface area contributed by atoms with Crippen LogP contribution in [0.1, 0.15) is 28.9 Å². The molecule has 3 aromatic rings. The smallest absolute Gasteiger partial charge is 0.274 e. The van der Waals surface area contributed by atoms with Crippen LogP contribution in [0.3, 0.4) is 0 Å². The van der Waals surface area contributed by atoms with Crippen LogP contribution >= 0.6 is 0 Å². The predicted molar refractivity (Wildman–Crippen MR) is 121 cm³/mol. The summed E-state index contributed by atoms with van der Waals surface area (Å²) in [6.45, 7) is 7.83. The minimum Gasteiger partial charge on any atom is -0.335 e. The number of nitrogens with zero attached hydrogens (tertiary/aromatic N) is 6. The van der Waals surface area contributed by atoms with Crippen molar-refractivity contribution in [2.75, 3.05) is 46.3 Å². The maximum Gasteiger partial charge on any atom is 0.274 e. The molecule has 7 heteroatoms. The molecule has 1 amide bonds. The van der Waals surface area contributed by atoms with Crippen molar-refractivity contribution in [3.05, 3.63) is 54.1 Å². The van der Waals surface area contributed by atoms with Crippen LogP contribution in [0.25, 0.3) is 16.9 Å². The van der Waals surface area contributed by atoms with Crippen LogP contribution in [0.4, 0.5) is 0 Å². The van der Waals surface area contributed by atoms with Gasteiger partial charge in [0.15, 0.2) is 5.65 Å². The Kier molecular flexibility index (Phi) is 5.46. The average molecular weight is 419 g/mol. The minimum atomic E-state index is 0.0154. The third-order valence-corrected chi connectivity index (χ3v) is 6.73. The lowest BCUT2D eigenvalue weighted by Crippen LogP contribution is -2.54. The number of fused-ring (bicyclic) bond motifs is 1. The number of rotatable bonds is 3. The molecule has 0 N–H and O–H groups in total. The van der Waals surface area contributed by atoms with Gasteiger partial charge in [-0.1, -0.05) is 29.8 Å². The Labute approximate surface area is 183 Å². The Bertz CT molecular complexity index is 1060. The summed E-state index contributed by atoms with van der Waals surface area (Å²) in [6.07, 6.45) is 7.91. The highest BCUT2D eigenvalue weighted by Gasteiger charge is 2.29. The van der Waals surface area contributed by atoms with Gasteiger partial charge in [-0.15, -0.1) is 0 Å². The van der Waals surface area contributed by atoms with E-state index in [9.17, 15) is 4.79 Å².